The number of methoxy groups -OCH3 is 1. The monoisotopic (exact) mass is 473 g/mol. The number of aromatic nitrogens is 5. The van der Waals surface area contributed by atoms with Crippen molar-refractivity contribution in [2.75, 3.05) is 38.7 Å². The molecule has 1 amide bonds. The Balaban J connectivity index is 1.39. The van der Waals surface area contributed by atoms with Crippen LogP contribution in [0.15, 0.2) is 55.0 Å². The normalized spacial score (nSPS) is 13.4. The standard InChI is InChI=1S/C25H27N7O3/c1-34-20-10-9-18(16-27-20)23-29-24(26-11-15-35-19-6-3-2-4-7-19)22-25(30-23)32(17-28-22)14-13-31-12-5-8-21(31)33/h2-4,6-7,9-10,16-17H,5,8,11-15H2,1H3,(H,26,29,30). The number of likely N-dealkylation sites (tertiary alicyclic amines) is 1. The molecule has 5 rings (SSSR count). The molecule has 1 aliphatic rings. The van der Waals surface area contributed by atoms with Gasteiger partial charge in [-0.25, -0.2) is 19.9 Å². The number of benzene rings is 1. The van der Waals surface area contributed by atoms with E-state index in [1.807, 2.05) is 45.9 Å². The first-order valence-corrected chi connectivity index (χ1v) is 11.6. The first-order chi connectivity index (χ1) is 17.2. The Hall–Kier alpha value is -4.21. The van der Waals surface area contributed by atoms with E-state index in [-0.39, 0.29) is 5.91 Å². The average molecular weight is 474 g/mol. The van der Waals surface area contributed by atoms with Crippen LogP contribution in [0.4, 0.5) is 5.82 Å². The third kappa shape index (κ3) is 5.16. The van der Waals surface area contributed by atoms with Crippen LogP contribution in [0.2, 0.25) is 0 Å². The number of pyridine rings is 1. The van der Waals surface area contributed by atoms with Crippen LogP contribution in [0.1, 0.15) is 12.8 Å². The summed E-state index contributed by atoms with van der Waals surface area (Å²) in [6.07, 6.45) is 4.98. The zero-order valence-electron chi connectivity index (χ0n) is 19.6. The predicted octanol–water partition coefficient (Wildman–Crippen LogP) is 3.01. The van der Waals surface area contributed by atoms with E-state index in [4.69, 9.17) is 19.4 Å². The van der Waals surface area contributed by atoms with Gasteiger partial charge in [0.25, 0.3) is 0 Å². The summed E-state index contributed by atoms with van der Waals surface area (Å²) < 4.78 is 12.9. The molecule has 0 spiro atoms. The van der Waals surface area contributed by atoms with Crippen LogP contribution < -0.4 is 14.8 Å². The molecule has 4 aromatic rings. The fourth-order valence-corrected chi connectivity index (χ4v) is 4.02. The molecule has 180 valence electrons. The molecule has 0 bridgehead atoms. The Morgan fingerprint density at radius 2 is 1.94 bits per heavy atom. The molecule has 1 fully saturated rings. The summed E-state index contributed by atoms with van der Waals surface area (Å²) in [6.45, 7) is 3.04. The molecule has 1 saturated heterocycles. The highest BCUT2D eigenvalue weighted by molar-refractivity contribution is 5.85. The van der Waals surface area contributed by atoms with Crippen molar-refractivity contribution >= 4 is 22.9 Å². The third-order valence-electron chi connectivity index (χ3n) is 5.86. The quantitative estimate of drug-likeness (QED) is 0.350. The van der Waals surface area contributed by atoms with E-state index in [1.54, 1.807) is 25.7 Å². The van der Waals surface area contributed by atoms with E-state index < -0.39 is 0 Å². The molecule has 0 radical (unpaired) electrons. The van der Waals surface area contributed by atoms with Gasteiger partial charge in [0.2, 0.25) is 11.8 Å². The fourth-order valence-electron chi connectivity index (χ4n) is 4.02. The summed E-state index contributed by atoms with van der Waals surface area (Å²) in [5.41, 5.74) is 2.13. The zero-order valence-corrected chi connectivity index (χ0v) is 19.6. The van der Waals surface area contributed by atoms with E-state index >= 15 is 0 Å². The lowest BCUT2D eigenvalue weighted by atomic mass is 10.2. The van der Waals surface area contributed by atoms with Gasteiger partial charge in [0.15, 0.2) is 17.3 Å². The number of hydrogen-bond acceptors (Lipinski definition) is 8. The number of ether oxygens (including phenoxy) is 2. The molecular formula is C25H27N7O3. The number of rotatable bonds is 10. The van der Waals surface area contributed by atoms with Crippen LogP contribution >= 0.6 is 0 Å². The van der Waals surface area contributed by atoms with Gasteiger partial charge in [-0.15, -0.1) is 0 Å². The van der Waals surface area contributed by atoms with Crippen molar-refractivity contribution in [3.05, 3.63) is 55.0 Å². The van der Waals surface area contributed by atoms with Crippen molar-refractivity contribution in [3.63, 3.8) is 0 Å². The number of nitrogens with zero attached hydrogens (tertiary/aromatic N) is 6. The van der Waals surface area contributed by atoms with Gasteiger partial charge in [-0.05, 0) is 24.6 Å². The Morgan fingerprint density at radius 3 is 2.69 bits per heavy atom. The first-order valence-electron chi connectivity index (χ1n) is 11.6. The molecule has 0 unspecified atom stereocenters. The van der Waals surface area contributed by atoms with Crippen LogP contribution in [0.3, 0.4) is 0 Å². The number of para-hydroxylation sites is 1. The molecular weight excluding hydrogens is 446 g/mol. The van der Waals surface area contributed by atoms with Crippen LogP contribution in [0, 0.1) is 0 Å². The summed E-state index contributed by atoms with van der Waals surface area (Å²) in [6, 6.07) is 13.3. The van der Waals surface area contributed by atoms with Crippen molar-refractivity contribution < 1.29 is 14.3 Å². The number of amides is 1. The van der Waals surface area contributed by atoms with Crippen LogP contribution in [-0.4, -0.2) is 68.7 Å². The fraction of sp³-hybridized carbons (Fsp3) is 0.320. The lowest BCUT2D eigenvalue weighted by Gasteiger charge is -2.16. The topological polar surface area (TPSA) is 107 Å². The molecule has 0 atom stereocenters. The number of hydrogen-bond donors (Lipinski definition) is 1. The van der Waals surface area contributed by atoms with E-state index in [2.05, 4.69) is 15.3 Å². The average Bonchev–Trinajstić information content (AvgIpc) is 3.51. The maximum atomic E-state index is 12.0. The molecule has 3 aromatic heterocycles. The van der Waals surface area contributed by atoms with Crippen LogP contribution in [-0.2, 0) is 11.3 Å². The van der Waals surface area contributed by atoms with Gasteiger partial charge in [0.1, 0.15) is 17.9 Å². The summed E-state index contributed by atoms with van der Waals surface area (Å²) in [5, 5.41) is 3.35. The molecule has 35 heavy (non-hydrogen) atoms. The lowest BCUT2D eigenvalue weighted by Crippen LogP contribution is -2.28. The van der Waals surface area contributed by atoms with Crippen molar-refractivity contribution in [3.8, 4) is 23.0 Å². The zero-order chi connectivity index (χ0) is 24.0. The highest BCUT2D eigenvalue weighted by Crippen LogP contribution is 2.25. The number of fused-ring (bicyclic) bond motifs is 1. The van der Waals surface area contributed by atoms with Crippen LogP contribution in [0.5, 0.6) is 11.6 Å². The Kier molecular flexibility index (Phi) is 6.69. The predicted molar refractivity (Wildman–Crippen MR) is 131 cm³/mol. The van der Waals surface area contributed by atoms with Crippen molar-refractivity contribution in [1.82, 2.24) is 29.4 Å². The highest BCUT2D eigenvalue weighted by Gasteiger charge is 2.21. The summed E-state index contributed by atoms with van der Waals surface area (Å²) in [5.74, 6) is 2.68. The molecule has 1 aliphatic heterocycles. The van der Waals surface area contributed by atoms with Crippen molar-refractivity contribution in [2.24, 2.45) is 0 Å². The number of anilines is 1. The second-order valence-electron chi connectivity index (χ2n) is 8.17. The van der Waals surface area contributed by atoms with E-state index in [9.17, 15) is 4.79 Å². The molecule has 4 heterocycles. The summed E-state index contributed by atoms with van der Waals surface area (Å²) in [7, 11) is 1.58. The van der Waals surface area contributed by atoms with Gasteiger partial charge < -0.3 is 24.3 Å². The van der Waals surface area contributed by atoms with Gasteiger partial charge in [-0.2, -0.15) is 0 Å². The molecule has 0 aliphatic carbocycles. The number of carbonyl (C=O) groups excluding carboxylic acids is 1. The van der Waals surface area contributed by atoms with E-state index in [0.717, 1.165) is 24.3 Å². The van der Waals surface area contributed by atoms with Crippen molar-refractivity contribution in [1.29, 1.82) is 0 Å². The van der Waals surface area contributed by atoms with Crippen LogP contribution in [0.25, 0.3) is 22.6 Å². The van der Waals surface area contributed by atoms with Crippen molar-refractivity contribution in [2.45, 2.75) is 19.4 Å². The Bertz CT molecular complexity index is 1290. The van der Waals surface area contributed by atoms with Gasteiger partial charge in [-0.3, -0.25) is 4.79 Å². The Labute approximate surface area is 203 Å². The summed E-state index contributed by atoms with van der Waals surface area (Å²) in [4.78, 5) is 32.3. The molecule has 10 heteroatoms. The number of carbonyl (C=O) groups is 1. The van der Waals surface area contributed by atoms with Gasteiger partial charge in [-0.1, -0.05) is 18.2 Å². The molecule has 0 saturated carbocycles. The minimum Gasteiger partial charge on any atom is -0.492 e. The van der Waals surface area contributed by atoms with E-state index in [0.29, 0.717) is 61.3 Å². The molecule has 10 nitrogen and oxygen atoms in total. The van der Waals surface area contributed by atoms with Gasteiger partial charge in [0, 0.05) is 43.9 Å². The van der Waals surface area contributed by atoms with Gasteiger partial charge in [0.05, 0.1) is 20.0 Å². The van der Waals surface area contributed by atoms with Gasteiger partial charge >= 0.3 is 0 Å². The number of nitrogens with one attached hydrogen (secondary N) is 1. The molecule has 1 aromatic carbocycles. The SMILES string of the molecule is COc1ccc(-c2nc(NCCOc3ccccc3)c3ncn(CCN4CCCC4=O)c3n2)cn1. The largest absolute Gasteiger partial charge is 0.492 e. The smallest absolute Gasteiger partial charge is 0.222 e. The maximum Gasteiger partial charge on any atom is 0.222 e. The molecule has 1 N–H and O–H groups in total. The second-order valence-corrected chi connectivity index (χ2v) is 8.17. The highest BCUT2D eigenvalue weighted by atomic mass is 16.5. The van der Waals surface area contributed by atoms with E-state index in [1.165, 1.54) is 0 Å². The second kappa shape index (κ2) is 10.4. The minimum absolute atomic E-state index is 0.204. The summed E-state index contributed by atoms with van der Waals surface area (Å²) >= 11 is 0. The maximum absolute atomic E-state index is 12.0. The Morgan fingerprint density at radius 1 is 1.06 bits per heavy atom. The lowest BCUT2D eigenvalue weighted by molar-refractivity contribution is -0.127. The minimum atomic E-state index is 0.204. The third-order valence-corrected chi connectivity index (χ3v) is 5.86. The number of imidazole rings is 1. The first kappa shape index (κ1) is 22.6.